The number of anilines is 3. The lowest BCUT2D eigenvalue weighted by molar-refractivity contribution is 0.506. The van der Waals surface area contributed by atoms with Gasteiger partial charge in [-0.25, -0.2) is 9.78 Å². The highest BCUT2D eigenvalue weighted by atomic mass is 16.1. The van der Waals surface area contributed by atoms with Crippen LogP contribution in [0.5, 0.6) is 0 Å². The van der Waals surface area contributed by atoms with Crippen molar-refractivity contribution in [2.45, 2.75) is 51.0 Å². The van der Waals surface area contributed by atoms with Crippen molar-refractivity contribution >= 4 is 28.5 Å². The van der Waals surface area contributed by atoms with Gasteiger partial charge < -0.3 is 10.2 Å². The summed E-state index contributed by atoms with van der Waals surface area (Å²) in [7, 11) is 1.80. The molecule has 0 spiro atoms. The molecule has 5 rings (SSSR count). The van der Waals surface area contributed by atoms with Gasteiger partial charge in [-0.15, -0.1) is 0 Å². The van der Waals surface area contributed by atoms with Gasteiger partial charge in [0.15, 0.2) is 5.65 Å². The van der Waals surface area contributed by atoms with Gasteiger partial charge in [0.25, 0.3) is 0 Å². The van der Waals surface area contributed by atoms with Crippen molar-refractivity contribution in [3.8, 4) is 0 Å². The molecule has 152 valence electrons. The molecule has 2 aliphatic rings. The third kappa shape index (κ3) is 3.39. The van der Waals surface area contributed by atoms with E-state index in [4.69, 9.17) is 4.98 Å². The fourth-order valence-corrected chi connectivity index (χ4v) is 4.72. The Hall–Kier alpha value is -2.83. The molecule has 3 heterocycles. The predicted molar refractivity (Wildman–Crippen MR) is 116 cm³/mol. The van der Waals surface area contributed by atoms with Crippen molar-refractivity contribution in [3.63, 3.8) is 0 Å². The van der Waals surface area contributed by atoms with E-state index < -0.39 is 0 Å². The summed E-state index contributed by atoms with van der Waals surface area (Å²) in [6.07, 6.45) is 10.1. The lowest BCUT2D eigenvalue weighted by atomic mass is 10.1. The standard InChI is InChI=1S/C22H28N6O/c1-26-19-15-23-21(25-20(19)28(22(26)29)18-7-3-4-8-18)24-16-9-11-17(12-10-16)27-13-5-2-6-14-27/h9-12,15,18H,2-8,13-14H2,1H3,(H,23,24,25). The molecule has 0 atom stereocenters. The summed E-state index contributed by atoms with van der Waals surface area (Å²) in [5.41, 5.74) is 3.74. The van der Waals surface area contributed by atoms with E-state index >= 15 is 0 Å². The van der Waals surface area contributed by atoms with Crippen molar-refractivity contribution in [3.05, 3.63) is 40.9 Å². The summed E-state index contributed by atoms with van der Waals surface area (Å²) >= 11 is 0. The number of hydrogen-bond donors (Lipinski definition) is 1. The van der Waals surface area contributed by atoms with Gasteiger partial charge >= 0.3 is 5.69 Å². The molecule has 29 heavy (non-hydrogen) atoms. The average Bonchev–Trinajstić information content (AvgIpc) is 3.36. The molecular formula is C22H28N6O. The zero-order chi connectivity index (χ0) is 19.8. The second kappa shape index (κ2) is 7.54. The number of aromatic nitrogens is 4. The van der Waals surface area contributed by atoms with E-state index in [-0.39, 0.29) is 11.7 Å². The smallest absolute Gasteiger partial charge is 0.330 e. The zero-order valence-corrected chi connectivity index (χ0v) is 17.0. The van der Waals surface area contributed by atoms with Crippen LogP contribution in [0, 0.1) is 0 Å². The number of rotatable bonds is 4. The molecule has 1 aliphatic carbocycles. The molecule has 0 bridgehead atoms. The van der Waals surface area contributed by atoms with Crippen molar-refractivity contribution in [2.24, 2.45) is 7.05 Å². The van der Waals surface area contributed by atoms with Crippen molar-refractivity contribution in [1.82, 2.24) is 19.1 Å². The van der Waals surface area contributed by atoms with Crippen LogP contribution in [0.3, 0.4) is 0 Å². The summed E-state index contributed by atoms with van der Waals surface area (Å²) in [5, 5.41) is 3.31. The van der Waals surface area contributed by atoms with E-state index in [1.807, 2.05) is 4.57 Å². The van der Waals surface area contributed by atoms with Crippen LogP contribution in [0.15, 0.2) is 35.3 Å². The predicted octanol–water partition coefficient (Wildman–Crippen LogP) is 3.98. The summed E-state index contributed by atoms with van der Waals surface area (Å²) < 4.78 is 3.53. The van der Waals surface area contributed by atoms with Crippen molar-refractivity contribution in [2.75, 3.05) is 23.3 Å². The normalized spacial score (nSPS) is 17.9. The molecule has 3 aromatic rings. The first-order chi connectivity index (χ1) is 14.2. The number of nitrogens with one attached hydrogen (secondary N) is 1. The van der Waals surface area contributed by atoms with Crippen molar-refractivity contribution in [1.29, 1.82) is 0 Å². The van der Waals surface area contributed by atoms with E-state index in [0.717, 1.165) is 42.8 Å². The molecule has 2 fully saturated rings. The van der Waals surface area contributed by atoms with Crippen LogP contribution in [0.1, 0.15) is 51.0 Å². The fourth-order valence-electron chi connectivity index (χ4n) is 4.72. The highest BCUT2D eigenvalue weighted by Gasteiger charge is 2.24. The second-order valence-electron chi connectivity index (χ2n) is 8.27. The third-order valence-electron chi connectivity index (χ3n) is 6.37. The Bertz CT molecular complexity index is 1060. The van der Waals surface area contributed by atoms with E-state index in [0.29, 0.717) is 5.95 Å². The number of hydrogen-bond acceptors (Lipinski definition) is 5. The Morgan fingerprint density at radius 1 is 1.00 bits per heavy atom. The van der Waals surface area contributed by atoms with E-state index in [2.05, 4.69) is 39.5 Å². The Labute approximate surface area is 170 Å². The van der Waals surface area contributed by atoms with Gasteiger partial charge in [0.1, 0.15) is 5.52 Å². The maximum atomic E-state index is 12.8. The van der Waals surface area contributed by atoms with Crippen LogP contribution in [0.4, 0.5) is 17.3 Å². The molecule has 1 N–H and O–H groups in total. The average molecular weight is 393 g/mol. The molecule has 1 saturated heterocycles. The lowest BCUT2D eigenvalue weighted by Crippen LogP contribution is -2.29. The number of nitrogens with zero attached hydrogens (tertiary/aromatic N) is 5. The number of fused-ring (bicyclic) bond motifs is 1. The first-order valence-corrected chi connectivity index (χ1v) is 10.8. The quantitative estimate of drug-likeness (QED) is 0.727. The fraction of sp³-hybridized carbons (Fsp3) is 0.500. The Morgan fingerprint density at radius 3 is 2.45 bits per heavy atom. The number of piperidine rings is 1. The minimum absolute atomic E-state index is 0.00392. The highest BCUT2D eigenvalue weighted by Crippen LogP contribution is 2.31. The van der Waals surface area contributed by atoms with Gasteiger partial charge in [-0.3, -0.25) is 9.13 Å². The summed E-state index contributed by atoms with van der Waals surface area (Å²) in [6, 6.07) is 8.71. The third-order valence-corrected chi connectivity index (χ3v) is 6.37. The molecule has 0 amide bonds. The van der Waals surface area contributed by atoms with E-state index in [1.165, 1.54) is 37.8 Å². The minimum atomic E-state index is 0.00392. The molecule has 7 heteroatoms. The van der Waals surface area contributed by atoms with Crippen LogP contribution in [-0.2, 0) is 7.05 Å². The number of imidazole rings is 1. The Balaban J connectivity index is 1.42. The van der Waals surface area contributed by atoms with Gasteiger partial charge in [-0.05, 0) is 56.4 Å². The van der Waals surface area contributed by atoms with Crippen LogP contribution >= 0.6 is 0 Å². The second-order valence-corrected chi connectivity index (χ2v) is 8.27. The van der Waals surface area contributed by atoms with E-state index in [1.54, 1.807) is 17.8 Å². The summed E-state index contributed by atoms with van der Waals surface area (Å²) in [5.74, 6) is 0.528. The molecular weight excluding hydrogens is 364 g/mol. The van der Waals surface area contributed by atoms with Gasteiger partial charge in [-0.1, -0.05) is 12.8 Å². The van der Waals surface area contributed by atoms with Gasteiger partial charge in [0.2, 0.25) is 5.95 Å². The van der Waals surface area contributed by atoms with Crippen LogP contribution in [0.2, 0.25) is 0 Å². The first-order valence-electron chi connectivity index (χ1n) is 10.8. The number of aryl methyl sites for hydroxylation is 1. The van der Waals surface area contributed by atoms with Gasteiger partial charge in [-0.2, -0.15) is 4.98 Å². The van der Waals surface area contributed by atoms with Crippen LogP contribution < -0.4 is 15.9 Å². The van der Waals surface area contributed by atoms with Gasteiger partial charge in [0.05, 0.1) is 6.20 Å². The van der Waals surface area contributed by atoms with Gasteiger partial charge in [0, 0.05) is 37.6 Å². The van der Waals surface area contributed by atoms with Crippen LogP contribution in [-0.4, -0.2) is 32.2 Å². The highest BCUT2D eigenvalue weighted by molar-refractivity contribution is 5.73. The molecule has 1 aromatic carbocycles. The molecule has 2 aromatic heterocycles. The van der Waals surface area contributed by atoms with Crippen LogP contribution in [0.25, 0.3) is 11.2 Å². The molecule has 7 nitrogen and oxygen atoms in total. The maximum Gasteiger partial charge on any atom is 0.330 e. The molecule has 1 saturated carbocycles. The Morgan fingerprint density at radius 2 is 1.72 bits per heavy atom. The van der Waals surface area contributed by atoms with E-state index in [9.17, 15) is 4.79 Å². The lowest BCUT2D eigenvalue weighted by Gasteiger charge is -2.28. The monoisotopic (exact) mass is 392 g/mol. The number of benzene rings is 1. The maximum absolute atomic E-state index is 12.8. The molecule has 0 unspecified atom stereocenters. The zero-order valence-electron chi connectivity index (χ0n) is 17.0. The first kappa shape index (κ1) is 18.2. The van der Waals surface area contributed by atoms with Crippen molar-refractivity contribution < 1.29 is 0 Å². The molecule has 0 radical (unpaired) electrons. The summed E-state index contributed by atoms with van der Waals surface area (Å²) in [4.78, 5) is 24.4. The largest absolute Gasteiger partial charge is 0.372 e. The summed E-state index contributed by atoms with van der Waals surface area (Å²) in [6.45, 7) is 2.28. The topological polar surface area (TPSA) is 68.0 Å². The Kier molecular flexibility index (Phi) is 4.73. The minimum Gasteiger partial charge on any atom is -0.372 e. The SMILES string of the molecule is Cn1c(=O)n(C2CCCC2)c2nc(Nc3ccc(N4CCCCC4)cc3)ncc21. The molecule has 1 aliphatic heterocycles.